The third-order valence-corrected chi connectivity index (χ3v) is 4.35. The Balaban J connectivity index is 1.93. The van der Waals surface area contributed by atoms with E-state index in [1.807, 2.05) is 0 Å². The first kappa shape index (κ1) is 13.6. The summed E-state index contributed by atoms with van der Waals surface area (Å²) in [5.41, 5.74) is 2.13. The summed E-state index contributed by atoms with van der Waals surface area (Å²) in [5, 5.41) is 10.7. The fraction of sp³-hybridized carbons (Fsp3) is 0.647. The Bertz CT molecular complexity index is 375. The molecule has 0 aliphatic heterocycles. The van der Waals surface area contributed by atoms with Crippen LogP contribution in [-0.2, 0) is 6.42 Å². The van der Waals surface area contributed by atoms with Crippen LogP contribution < -0.4 is 0 Å². The molecule has 0 radical (unpaired) electrons. The van der Waals surface area contributed by atoms with Gasteiger partial charge in [-0.3, -0.25) is 0 Å². The molecule has 0 aromatic heterocycles. The van der Waals surface area contributed by atoms with Crippen LogP contribution in [0.5, 0.6) is 0 Å². The molecule has 0 heterocycles. The summed E-state index contributed by atoms with van der Waals surface area (Å²) < 4.78 is 0. The van der Waals surface area contributed by atoms with Crippen LogP contribution in [0.4, 0.5) is 0 Å². The largest absolute Gasteiger partial charge is 0.390 e. The molecule has 1 fully saturated rings. The molecule has 1 aromatic rings. The van der Waals surface area contributed by atoms with E-state index >= 15 is 0 Å². The monoisotopic (exact) mass is 246 g/mol. The zero-order chi connectivity index (χ0) is 13.0. The topological polar surface area (TPSA) is 20.2 Å². The van der Waals surface area contributed by atoms with Crippen molar-refractivity contribution in [2.75, 3.05) is 0 Å². The van der Waals surface area contributed by atoms with Crippen molar-refractivity contribution in [3.05, 3.63) is 35.4 Å². The van der Waals surface area contributed by atoms with E-state index in [2.05, 4.69) is 38.1 Å². The maximum Gasteiger partial charge on any atom is 0.0688 e. The highest BCUT2D eigenvalue weighted by molar-refractivity contribution is 5.23. The smallest absolute Gasteiger partial charge is 0.0688 e. The summed E-state index contributed by atoms with van der Waals surface area (Å²) in [5.74, 6) is 0.854. The van der Waals surface area contributed by atoms with Crippen LogP contribution in [0.1, 0.15) is 56.6 Å². The second-order valence-corrected chi connectivity index (χ2v) is 6.12. The molecule has 18 heavy (non-hydrogen) atoms. The summed E-state index contributed by atoms with van der Waals surface area (Å²) in [6.45, 7) is 4.37. The molecule has 1 aliphatic rings. The van der Waals surface area contributed by atoms with Gasteiger partial charge in [0.05, 0.1) is 5.60 Å². The molecule has 1 saturated carbocycles. The maximum atomic E-state index is 10.7. The van der Waals surface area contributed by atoms with Crippen molar-refractivity contribution in [3.63, 3.8) is 0 Å². The van der Waals surface area contributed by atoms with Gasteiger partial charge < -0.3 is 5.11 Å². The molecule has 0 bridgehead atoms. The second kappa shape index (κ2) is 5.88. The average Bonchev–Trinajstić information content (AvgIpc) is 2.32. The van der Waals surface area contributed by atoms with Gasteiger partial charge in [-0.2, -0.15) is 0 Å². The molecule has 0 unspecified atom stereocenters. The van der Waals surface area contributed by atoms with Gasteiger partial charge in [-0.1, -0.05) is 49.6 Å². The molecular formula is C17H26O. The predicted molar refractivity (Wildman–Crippen MR) is 76.7 cm³/mol. The summed E-state index contributed by atoms with van der Waals surface area (Å²) in [6, 6.07) is 8.56. The minimum absolute atomic E-state index is 0.446. The molecule has 0 atom stereocenters. The molecule has 100 valence electrons. The van der Waals surface area contributed by atoms with Crippen molar-refractivity contribution < 1.29 is 5.11 Å². The highest BCUT2D eigenvalue weighted by Gasteiger charge is 2.32. The minimum atomic E-state index is -0.446. The fourth-order valence-corrected chi connectivity index (χ4v) is 3.29. The summed E-state index contributed by atoms with van der Waals surface area (Å²) in [6.07, 6.45) is 7.80. The van der Waals surface area contributed by atoms with Crippen molar-refractivity contribution >= 4 is 0 Å². The van der Waals surface area contributed by atoms with Gasteiger partial charge in [0.1, 0.15) is 0 Å². The van der Waals surface area contributed by atoms with E-state index in [1.54, 1.807) is 0 Å². The standard InChI is InChI=1S/C17H26O/c1-3-5-15-8-10-17(18,11-9-15)13-16-7-4-6-14(2)12-16/h4,6-7,12,15,18H,3,5,8-11,13H2,1-2H3. The van der Waals surface area contributed by atoms with E-state index in [0.717, 1.165) is 25.2 Å². The summed E-state index contributed by atoms with van der Waals surface area (Å²) in [4.78, 5) is 0. The van der Waals surface area contributed by atoms with E-state index in [1.165, 1.54) is 36.8 Å². The second-order valence-electron chi connectivity index (χ2n) is 6.12. The third kappa shape index (κ3) is 3.58. The lowest BCUT2D eigenvalue weighted by Crippen LogP contribution is -2.36. The molecule has 0 amide bonds. The van der Waals surface area contributed by atoms with Gasteiger partial charge in [0.25, 0.3) is 0 Å². The molecule has 2 rings (SSSR count). The van der Waals surface area contributed by atoms with E-state index in [4.69, 9.17) is 0 Å². The average molecular weight is 246 g/mol. The molecular weight excluding hydrogens is 220 g/mol. The van der Waals surface area contributed by atoms with E-state index in [9.17, 15) is 5.11 Å². The summed E-state index contributed by atoms with van der Waals surface area (Å²) in [7, 11) is 0. The Morgan fingerprint density at radius 1 is 1.28 bits per heavy atom. The number of aryl methyl sites for hydroxylation is 1. The van der Waals surface area contributed by atoms with Gasteiger partial charge in [0.15, 0.2) is 0 Å². The van der Waals surface area contributed by atoms with Crippen LogP contribution in [0.25, 0.3) is 0 Å². The first-order chi connectivity index (χ1) is 8.61. The van der Waals surface area contributed by atoms with E-state index in [0.29, 0.717) is 0 Å². The molecule has 0 spiro atoms. The van der Waals surface area contributed by atoms with Crippen LogP contribution in [0.15, 0.2) is 24.3 Å². The summed E-state index contributed by atoms with van der Waals surface area (Å²) >= 11 is 0. The first-order valence-electron chi connectivity index (χ1n) is 7.39. The Labute approximate surface area is 111 Å². The Hall–Kier alpha value is -0.820. The molecule has 1 heteroatoms. The first-order valence-corrected chi connectivity index (χ1v) is 7.39. The van der Waals surface area contributed by atoms with Crippen LogP contribution in [0.3, 0.4) is 0 Å². The van der Waals surface area contributed by atoms with Crippen molar-refractivity contribution in [2.45, 2.75) is 64.4 Å². The highest BCUT2D eigenvalue weighted by Crippen LogP contribution is 2.36. The van der Waals surface area contributed by atoms with E-state index < -0.39 is 5.60 Å². The lowest BCUT2D eigenvalue weighted by atomic mass is 9.74. The van der Waals surface area contributed by atoms with Crippen molar-refractivity contribution in [3.8, 4) is 0 Å². The molecule has 1 aromatic carbocycles. The lowest BCUT2D eigenvalue weighted by Gasteiger charge is -2.36. The van der Waals surface area contributed by atoms with Gasteiger partial charge >= 0.3 is 0 Å². The van der Waals surface area contributed by atoms with Gasteiger partial charge in [0.2, 0.25) is 0 Å². The van der Waals surface area contributed by atoms with Crippen LogP contribution in [-0.4, -0.2) is 10.7 Å². The Morgan fingerprint density at radius 2 is 2.00 bits per heavy atom. The third-order valence-electron chi connectivity index (χ3n) is 4.35. The molecule has 0 saturated heterocycles. The van der Waals surface area contributed by atoms with E-state index in [-0.39, 0.29) is 0 Å². The van der Waals surface area contributed by atoms with Gasteiger partial charge in [-0.25, -0.2) is 0 Å². The van der Waals surface area contributed by atoms with Crippen molar-refractivity contribution in [1.29, 1.82) is 0 Å². The molecule has 1 aliphatic carbocycles. The lowest BCUT2D eigenvalue weighted by molar-refractivity contribution is -0.00987. The number of hydrogen-bond acceptors (Lipinski definition) is 1. The number of aliphatic hydroxyl groups is 1. The van der Waals surface area contributed by atoms with Crippen LogP contribution >= 0.6 is 0 Å². The predicted octanol–water partition coefficient (Wildman–Crippen LogP) is 4.26. The van der Waals surface area contributed by atoms with Crippen molar-refractivity contribution in [2.24, 2.45) is 5.92 Å². The maximum absolute atomic E-state index is 10.7. The number of rotatable bonds is 4. The van der Waals surface area contributed by atoms with Crippen LogP contribution in [0, 0.1) is 12.8 Å². The zero-order valence-corrected chi connectivity index (χ0v) is 11.8. The van der Waals surface area contributed by atoms with Gasteiger partial charge in [0, 0.05) is 6.42 Å². The quantitative estimate of drug-likeness (QED) is 0.841. The fourth-order valence-electron chi connectivity index (χ4n) is 3.29. The zero-order valence-electron chi connectivity index (χ0n) is 11.8. The number of hydrogen-bond donors (Lipinski definition) is 1. The van der Waals surface area contributed by atoms with Gasteiger partial charge in [-0.05, 0) is 44.1 Å². The highest BCUT2D eigenvalue weighted by atomic mass is 16.3. The van der Waals surface area contributed by atoms with Gasteiger partial charge in [-0.15, -0.1) is 0 Å². The normalized spacial score (nSPS) is 28.3. The minimum Gasteiger partial charge on any atom is -0.390 e. The SMILES string of the molecule is CCCC1CCC(O)(Cc2cccc(C)c2)CC1. The van der Waals surface area contributed by atoms with Crippen molar-refractivity contribution in [1.82, 2.24) is 0 Å². The molecule has 1 nitrogen and oxygen atoms in total. The molecule has 1 N–H and O–H groups in total. The number of benzene rings is 1. The Morgan fingerprint density at radius 3 is 2.61 bits per heavy atom. The Kier molecular flexibility index (Phi) is 4.45. The van der Waals surface area contributed by atoms with Crippen LogP contribution in [0.2, 0.25) is 0 Å².